The molecule has 246 valence electrons. The SMILES string of the molecule is C\C(C=C=C1C(C)(C)CC(O)C[C@@]1(C)O)=C/C=C/C(C)=C/C=C/C=C(C)/C=C/C=C(\C)C(=O)CC12OC1(C)CC(O)CC2(C)C. The molecule has 3 aliphatic rings. The van der Waals surface area contributed by atoms with Gasteiger partial charge < -0.3 is 20.1 Å². The van der Waals surface area contributed by atoms with E-state index in [1.807, 2.05) is 115 Å². The van der Waals surface area contributed by atoms with Crippen LogP contribution in [0.25, 0.3) is 0 Å². The highest BCUT2D eigenvalue weighted by Crippen LogP contribution is 2.67. The number of aliphatic hydroxyl groups is 3. The molecule has 2 saturated carbocycles. The molecule has 0 radical (unpaired) electrons. The van der Waals surface area contributed by atoms with E-state index in [-0.39, 0.29) is 22.7 Å². The van der Waals surface area contributed by atoms with Crippen molar-refractivity contribution in [1.82, 2.24) is 0 Å². The summed E-state index contributed by atoms with van der Waals surface area (Å²) in [4.78, 5) is 13.1. The smallest absolute Gasteiger partial charge is 0.161 e. The zero-order valence-corrected chi connectivity index (χ0v) is 29.2. The summed E-state index contributed by atoms with van der Waals surface area (Å²) in [5.41, 5.74) is 5.48. The average molecular weight is 617 g/mol. The molecule has 3 N–H and O–H groups in total. The van der Waals surface area contributed by atoms with Crippen LogP contribution in [-0.4, -0.2) is 50.1 Å². The molecular weight excluding hydrogens is 560 g/mol. The minimum atomic E-state index is -1.07. The Balaban J connectivity index is 1.53. The standard InChI is InChI=1S/C40H56O5/c1-28(17-13-18-30(3)21-22-35-36(5,6)23-32(41)25-38(35,9)44)15-11-12-16-29(2)19-14-20-31(4)34(43)27-40-37(7,8)24-33(42)26-39(40,10)45-40/h11-21,32-33,41-42,44H,23-27H2,1-10H3/b12-11+,17-13+,19-14+,28-15+,29-16+,30-18+,31-20+/t22?,32?,33?,38-,39?,40?/m1/s1. The molecule has 2 aliphatic carbocycles. The Morgan fingerprint density at radius 2 is 1.31 bits per heavy atom. The highest BCUT2D eigenvalue weighted by molar-refractivity contribution is 5.96. The second-order valence-corrected chi connectivity index (χ2v) is 15.3. The second-order valence-electron chi connectivity index (χ2n) is 15.3. The second kappa shape index (κ2) is 13.9. The van der Waals surface area contributed by atoms with Gasteiger partial charge in [0.2, 0.25) is 0 Å². The van der Waals surface area contributed by atoms with Crippen LogP contribution in [-0.2, 0) is 9.53 Å². The van der Waals surface area contributed by atoms with Gasteiger partial charge in [0.05, 0.1) is 23.4 Å². The van der Waals surface area contributed by atoms with Crippen LogP contribution in [0.2, 0.25) is 0 Å². The molecular formula is C40H56O5. The van der Waals surface area contributed by atoms with Crippen molar-refractivity contribution in [2.24, 2.45) is 10.8 Å². The molecule has 3 rings (SSSR count). The molecule has 3 fully saturated rings. The highest BCUT2D eigenvalue weighted by atomic mass is 16.6. The molecule has 0 bridgehead atoms. The van der Waals surface area contributed by atoms with Crippen molar-refractivity contribution >= 4 is 5.78 Å². The first kappa shape index (κ1) is 36.7. The number of aliphatic hydroxyl groups excluding tert-OH is 2. The molecule has 0 amide bonds. The first-order chi connectivity index (χ1) is 20.7. The van der Waals surface area contributed by atoms with Gasteiger partial charge in [-0.2, -0.15) is 0 Å². The van der Waals surface area contributed by atoms with Crippen molar-refractivity contribution in [3.8, 4) is 0 Å². The summed E-state index contributed by atoms with van der Waals surface area (Å²) in [6.45, 7) is 20.0. The summed E-state index contributed by atoms with van der Waals surface area (Å²) in [7, 11) is 0. The van der Waals surface area contributed by atoms with Crippen molar-refractivity contribution < 1.29 is 24.9 Å². The number of carbonyl (C=O) groups excluding carboxylic acids is 1. The highest BCUT2D eigenvalue weighted by Gasteiger charge is 2.76. The van der Waals surface area contributed by atoms with Crippen LogP contribution in [0.1, 0.15) is 101 Å². The zero-order chi connectivity index (χ0) is 33.8. The largest absolute Gasteiger partial charge is 0.393 e. The Bertz CT molecular complexity index is 1400. The van der Waals surface area contributed by atoms with Gasteiger partial charge in [0.1, 0.15) is 5.60 Å². The Morgan fingerprint density at radius 3 is 1.87 bits per heavy atom. The normalized spacial score (nSPS) is 33.9. The van der Waals surface area contributed by atoms with Crippen LogP contribution in [0.3, 0.4) is 0 Å². The number of ketones is 1. The van der Waals surface area contributed by atoms with Crippen molar-refractivity contribution in [2.75, 3.05) is 0 Å². The van der Waals surface area contributed by atoms with Gasteiger partial charge in [-0.1, -0.05) is 99.6 Å². The summed E-state index contributed by atoms with van der Waals surface area (Å²) >= 11 is 0. The number of ether oxygens (including phenoxy) is 1. The number of carbonyl (C=O) groups is 1. The minimum Gasteiger partial charge on any atom is -0.393 e. The maximum atomic E-state index is 13.1. The summed E-state index contributed by atoms with van der Waals surface area (Å²) in [6, 6.07) is 0. The fraction of sp³-hybridized carbons (Fsp3) is 0.550. The summed E-state index contributed by atoms with van der Waals surface area (Å²) in [5.74, 6) is 0.0863. The molecule has 1 aliphatic heterocycles. The first-order valence-corrected chi connectivity index (χ1v) is 16.2. The summed E-state index contributed by atoms with van der Waals surface area (Å²) in [5, 5.41) is 31.2. The molecule has 1 saturated heterocycles. The molecule has 0 aromatic rings. The fourth-order valence-corrected chi connectivity index (χ4v) is 7.48. The maximum Gasteiger partial charge on any atom is 0.161 e. The van der Waals surface area contributed by atoms with E-state index in [2.05, 4.69) is 19.6 Å². The van der Waals surface area contributed by atoms with E-state index in [4.69, 9.17) is 4.74 Å². The molecule has 0 aromatic carbocycles. The topological polar surface area (TPSA) is 90.3 Å². The Kier molecular flexibility index (Phi) is 11.3. The van der Waals surface area contributed by atoms with Gasteiger partial charge in [-0.25, -0.2) is 0 Å². The average Bonchev–Trinajstić information content (AvgIpc) is 3.49. The number of allylic oxidation sites excluding steroid dienone is 14. The predicted octanol–water partition coefficient (Wildman–Crippen LogP) is 8.12. The zero-order valence-electron chi connectivity index (χ0n) is 29.2. The van der Waals surface area contributed by atoms with Gasteiger partial charge in [0.25, 0.3) is 0 Å². The van der Waals surface area contributed by atoms with E-state index < -0.39 is 22.9 Å². The third-order valence-corrected chi connectivity index (χ3v) is 9.82. The number of hydrogen-bond acceptors (Lipinski definition) is 5. The third-order valence-electron chi connectivity index (χ3n) is 9.82. The van der Waals surface area contributed by atoms with Crippen LogP contribution in [0, 0.1) is 10.8 Å². The Morgan fingerprint density at radius 1 is 0.778 bits per heavy atom. The van der Waals surface area contributed by atoms with Gasteiger partial charge in [-0.05, 0) is 82.4 Å². The van der Waals surface area contributed by atoms with E-state index >= 15 is 0 Å². The van der Waals surface area contributed by atoms with Crippen LogP contribution in [0.4, 0.5) is 0 Å². The number of epoxide rings is 1. The van der Waals surface area contributed by atoms with E-state index in [0.717, 1.165) is 22.3 Å². The minimum absolute atomic E-state index is 0.0863. The number of hydrogen-bond donors (Lipinski definition) is 3. The number of rotatable bonds is 10. The number of Topliss-reactive ketones (excluding diaryl/α,β-unsaturated/α-hetero) is 1. The fourth-order valence-electron chi connectivity index (χ4n) is 7.48. The van der Waals surface area contributed by atoms with Gasteiger partial charge in [0.15, 0.2) is 5.78 Å². The lowest BCUT2D eigenvalue weighted by molar-refractivity contribution is -0.118. The van der Waals surface area contributed by atoms with Crippen molar-refractivity contribution in [1.29, 1.82) is 0 Å². The van der Waals surface area contributed by atoms with Crippen molar-refractivity contribution in [2.45, 2.75) is 130 Å². The number of fused-ring (bicyclic) bond motifs is 1. The van der Waals surface area contributed by atoms with E-state index in [0.29, 0.717) is 37.7 Å². The summed E-state index contributed by atoms with van der Waals surface area (Å²) < 4.78 is 6.18. The van der Waals surface area contributed by atoms with Crippen LogP contribution >= 0.6 is 0 Å². The third kappa shape index (κ3) is 8.93. The quantitative estimate of drug-likeness (QED) is 0.0998. The lowest BCUT2D eigenvalue weighted by atomic mass is 9.61. The summed E-state index contributed by atoms with van der Waals surface area (Å²) in [6.07, 6.45) is 23.4. The van der Waals surface area contributed by atoms with E-state index in [1.54, 1.807) is 6.92 Å². The molecule has 5 atom stereocenters. The lowest BCUT2D eigenvalue weighted by Crippen LogP contribution is -2.48. The van der Waals surface area contributed by atoms with Gasteiger partial charge in [-0.3, -0.25) is 4.79 Å². The van der Waals surface area contributed by atoms with Gasteiger partial charge >= 0.3 is 0 Å². The monoisotopic (exact) mass is 616 g/mol. The van der Waals surface area contributed by atoms with Crippen LogP contribution in [0.15, 0.2) is 100 Å². The van der Waals surface area contributed by atoms with Crippen molar-refractivity contribution in [3.63, 3.8) is 0 Å². The Labute approximate surface area is 271 Å². The molecule has 5 nitrogen and oxygen atoms in total. The van der Waals surface area contributed by atoms with Crippen molar-refractivity contribution in [3.05, 3.63) is 100 Å². The lowest BCUT2D eigenvalue weighted by Gasteiger charge is -2.43. The molecule has 0 spiro atoms. The van der Waals surface area contributed by atoms with E-state index in [9.17, 15) is 20.1 Å². The molecule has 1 heterocycles. The maximum absolute atomic E-state index is 13.1. The van der Waals surface area contributed by atoms with Crippen LogP contribution in [0.5, 0.6) is 0 Å². The molecule has 0 aromatic heterocycles. The molecule has 4 unspecified atom stereocenters. The Hall–Kier alpha value is -2.79. The first-order valence-electron chi connectivity index (χ1n) is 16.2. The molecule has 5 heteroatoms. The van der Waals surface area contributed by atoms with Gasteiger partial charge in [-0.15, -0.1) is 5.73 Å². The van der Waals surface area contributed by atoms with E-state index in [1.165, 1.54) is 0 Å². The predicted molar refractivity (Wildman–Crippen MR) is 185 cm³/mol. The van der Waals surface area contributed by atoms with Gasteiger partial charge in [0, 0.05) is 24.8 Å². The molecule has 45 heavy (non-hydrogen) atoms. The van der Waals surface area contributed by atoms with Crippen LogP contribution < -0.4 is 0 Å².